The molecule has 0 heterocycles. The van der Waals surface area contributed by atoms with Gasteiger partial charge in [0.2, 0.25) is 5.91 Å². The van der Waals surface area contributed by atoms with Gasteiger partial charge in [-0.15, -0.1) is 0 Å². The number of carbonyl (C=O) groups excluding carboxylic acids is 1. The van der Waals surface area contributed by atoms with Crippen molar-refractivity contribution in [3.05, 3.63) is 0 Å². The van der Waals surface area contributed by atoms with Crippen LogP contribution in [-0.2, 0) is 9.59 Å². The zero-order chi connectivity index (χ0) is 14.4. The number of aliphatic carboxylic acids is 1. The number of hydrogen-bond donors (Lipinski definition) is 1. The molecule has 1 rings (SSSR count). The van der Waals surface area contributed by atoms with E-state index in [1.165, 1.54) is 0 Å². The van der Waals surface area contributed by atoms with Crippen molar-refractivity contribution < 1.29 is 14.7 Å². The highest BCUT2D eigenvalue weighted by molar-refractivity contribution is 5.79. The van der Waals surface area contributed by atoms with Gasteiger partial charge in [0, 0.05) is 19.5 Å². The molecule has 0 radical (unpaired) electrons. The Morgan fingerprint density at radius 2 is 1.53 bits per heavy atom. The topological polar surface area (TPSA) is 60.9 Å². The van der Waals surface area contributed by atoms with Crippen LogP contribution in [0.1, 0.15) is 32.1 Å². The van der Waals surface area contributed by atoms with Crippen molar-refractivity contribution >= 4 is 11.9 Å². The van der Waals surface area contributed by atoms with Gasteiger partial charge >= 0.3 is 5.97 Å². The van der Waals surface area contributed by atoms with E-state index in [9.17, 15) is 9.59 Å². The molecule has 0 spiro atoms. The molecule has 0 aromatic rings. The first-order valence-corrected chi connectivity index (χ1v) is 7.04. The number of amides is 1. The minimum atomic E-state index is -0.717. The molecule has 0 aliphatic heterocycles. The minimum absolute atomic E-state index is 0.0277. The fourth-order valence-electron chi connectivity index (χ4n) is 2.63. The van der Waals surface area contributed by atoms with Gasteiger partial charge in [-0.2, -0.15) is 0 Å². The van der Waals surface area contributed by atoms with Crippen molar-refractivity contribution in [3.63, 3.8) is 0 Å². The third-order valence-corrected chi connectivity index (χ3v) is 3.90. The second kappa shape index (κ2) is 7.48. The monoisotopic (exact) mass is 270 g/mol. The highest BCUT2D eigenvalue weighted by atomic mass is 16.4. The predicted molar refractivity (Wildman–Crippen MR) is 73.9 cm³/mol. The summed E-state index contributed by atoms with van der Waals surface area (Å²) in [6, 6.07) is 0. The van der Waals surface area contributed by atoms with Crippen LogP contribution < -0.4 is 0 Å². The Morgan fingerprint density at radius 3 is 2.00 bits per heavy atom. The Bertz CT molecular complexity index is 310. The van der Waals surface area contributed by atoms with E-state index in [0.717, 1.165) is 19.5 Å². The van der Waals surface area contributed by atoms with E-state index < -0.39 is 5.97 Å². The first kappa shape index (κ1) is 16.0. The fourth-order valence-corrected chi connectivity index (χ4v) is 2.63. The maximum Gasteiger partial charge on any atom is 0.306 e. The first-order valence-electron chi connectivity index (χ1n) is 7.04. The fraction of sp³-hybridized carbons (Fsp3) is 0.857. The summed E-state index contributed by atoms with van der Waals surface area (Å²) in [5.74, 6) is -0.754. The lowest BCUT2D eigenvalue weighted by atomic mass is 9.81. The van der Waals surface area contributed by atoms with E-state index >= 15 is 0 Å². The number of rotatable bonds is 6. The molecule has 1 aliphatic carbocycles. The van der Waals surface area contributed by atoms with Gasteiger partial charge < -0.3 is 14.9 Å². The van der Waals surface area contributed by atoms with E-state index in [-0.39, 0.29) is 17.7 Å². The Morgan fingerprint density at radius 1 is 1.00 bits per heavy atom. The number of hydrogen-bond acceptors (Lipinski definition) is 3. The van der Waals surface area contributed by atoms with Gasteiger partial charge in [0.1, 0.15) is 0 Å². The van der Waals surface area contributed by atoms with Gasteiger partial charge in [-0.25, -0.2) is 0 Å². The third kappa shape index (κ3) is 5.19. The molecule has 0 aromatic heterocycles. The molecule has 1 aliphatic rings. The van der Waals surface area contributed by atoms with Crippen LogP contribution in [0.15, 0.2) is 0 Å². The number of nitrogens with zero attached hydrogens (tertiary/aromatic N) is 2. The summed E-state index contributed by atoms with van der Waals surface area (Å²) in [5.41, 5.74) is 0. The Kier molecular flexibility index (Phi) is 6.28. The number of carbonyl (C=O) groups is 2. The highest BCUT2D eigenvalue weighted by Crippen LogP contribution is 2.29. The lowest BCUT2D eigenvalue weighted by molar-refractivity contribution is -0.145. The summed E-state index contributed by atoms with van der Waals surface area (Å²) in [6.07, 6.45) is 3.68. The summed E-state index contributed by atoms with van der Waals surface area (Å²) >= 11 is 0. The zero-order valence-electron chi connectivity index (χ0n) is 12.3. The van der Waals surface area contributed by atoms with Crippen LogP contribution in [0.5, 0.6) is 0 Å². The molecular formula is C14H26N2O3. The summed E-state index contributed by atoms with van der Waals surface area (Å²) in [7, 11) is 5.89. The van der Waals surface area contributed by atoms with Crippen LogP contribution in [0.3, 0.4) is 0 Å². The summed E-state index contributed by atoms with van der Waals surface area (Å²) in [4.78, 5) is 27.0. The average molecular weight is 270 g/mol. The standard InChI is InChI=1S/C14H26N2O3/c1-15(2)9-4-10-16(3)13(17)11-5-7-12(8-6-11)14(18)19/h11-12H,4-10H2,1-3H3,(H,18,19). The van der Waals surface area contributed by atoms with Crippen LogP contribution in [0.25, 0.3) is 0 Å². The van der Waals surface area contributed by atoms with Crippen molar-refractivity contribution in [1.82, 2.24) is 9.80 Å². The molecule has 0 unspecified atom stereocenters. The van der Waals surface area contributed by atoms with Crippen LogP contribution in [0.4, 0.5) is 0 Å². The molecule has 1 amide bonds. The van der Waals surface area contributed by atoms with Crippen LogP contribution >= 0.6 is 0 Å². The zero-order valence-corrected chi connectivity index (χ0v) is 12.3. The summed E-state index contributed by atoms with van der Waals surface area (Å²) in [5, 5.41) is 8.94. The number of carboxylic acid groups (broad SMARTS) is 1. The van der Waals surface area contributed by atoms with Gasteiger partial charge in [-0.3, -0.25) is 9.59 Å². The Hall–Kier alpha value is -1.10. The van der Waals surface area contributed by atoms with Crippen molar-refractivity contribution in [2.75, 3.05) is 34.2 Å². The van der Waals surface area contributed by atoms with E-state index in [1.807, 2.05) is 21.1 Å². The molecule has 0 aromatic carbocycles. The normalized spacial score (nSPS) is 23.4. The van der Waals surface area contributed by atoms with Gasteiger partial charge in [0.15, 0.2) is 0 Å². The predicted octanol–water partition coefficient (Wildman–Crippen LogP) is 1.29. The molecule has 0 saturated heterocycles. The van der Waals surface area contributed by atoms with E-state index in [0.29, 0.717) is 25.7 Å². The van der Waals surface area contributed by atoms with Gasteiger partial charge in [0.05, 0.1) is 5.92 Å². The molecule has 19 heavy (non-hydrogen) atoms. The minimum Gasteiger partial charge on any atom is -0.481 e. The van der Waals surface area contributed by atoms with Crippen LogP contribution in [0.2, 0.25) is 0 Å². The molecule has 1 N–H and O–H groups in total. The average Bonchev–Trinajstić information content (AvgIpc) is 2.37. The van der Waals surface area contributed by atoms with Crippen LogP contribution in [-0.4, -0.2) is 61.0 Å². The smallest absolute Gasteiger partial charge is 0.306 e. The molecule has 0 atom stereocenters. The lowest BCUT2D eigenvalue weighted by Gasteiger charge is -2.29. The largest absolute Gasteiger partial charge is 0.481 e. The van der Waals surface area contributed by atoms with Gasteiger partial charge in [-0.05, 0) is 52.7 Å². The van der Waals surface area contributed by atoms with E-state index in [4.69, 9.17) is 5.11 Å². The molecule has 5 nitrogen and oxygen atoms in total. The second-order valence-corrected chi connectivity index (χ2v) is 5.80. The van der Waals surface area contributed by atoms with Crippen molar-refractivity contribution in [2.45, 2.75) is 32.1 Å². The molecule has 110 valence electrons. The van der Waals surface area contributed by atoms with Crippen molar-refractivity contribution in [3.8, 4) is 0 Å². The van der Waals surface area contributed by atoms with Gasteiger partial charge in [0.25, 0.3) is 0 Å². The molecule has 1 fully saturated rings. The SMILES string of the molecule is CN(C)CCCN(C)C(=O)C1CCC(C(=O)O)CC1. The second-order valence-electron chi connectivity index (χ2n) is 5.80. The van der Waals surface area contributed by atoms with E-state index in [1.54, 1.807) is 4.90 Å². The number of carboxylic acids is 1. The Labute approximate surface area is 115 Å². The quantitative estimate of drug-likeness (QED) is 0.790. The highest BCUT2D eigenvalue weighted by Gasteiger charge is 2.30. The Balaban J connectivity index is 2.31. The van der Waals surface area contributed by atoms with Crippen molar-refractivity contribution in [1.29, 1.82) is 0 Å². The first-order chi connectivity index (χ1) is 8.91. The van der Waals surface area contributed by atoms with Crippen LogP contribution in [0, 0.1) is 11.8 Å². The molecule has 0 bridgehead atoms. The summed E-state index contributed by atoms with van der Waals surface area (Å²) in [6.45, 7) is 1.75. The molecule has 5 heteroatoms. The van der Waals surface area contributed by atoms with Crippen molar-refractivity contribution in [2.24, 2.45) is 11.8 Å². The third-order valence-electron chi connectivity index (χ3n) is 3.90. The molecular weight excluding hydrogens is 244 g/mol. The van der Waals surface area contributed by atoms with E-state index in [2.05, 4.69) is 4.90 Å². The summed E-state index contributed by atoms with van der Waals surface area (Å²) < 4.78 is 0. The maximum absolute atomic E-state index is 12.2. The van der Waals surface area contributed by atoms with Gasteiger partial charge in [-0.1, -0.05) is 0 Å². The lowest BCUT2D eigenvalue weighted by Crippen LogP contribution is -2.37. The molecule has 1 saturated carbocycles. The maximum atomic E-state index is 12.2.